The molecular formula is C21H36O3. The minimum atomic E-state index is -0.392. The minimum Gasteiger partial charge on any atom is -0.400 e. The second kappa shape index (κ2) is 6.57. The zero-order valence-electron chi connectivity index (χ0n) is 16.1. The van der Waals surface area contributed by atoms with E-state index in [1.807, 2.05) is 6.08 Å². The lowest BCUT2D eigenvalue weighted by Gasteiger charge is -2.60. The molecule has 0 aliphatic heterocycles. The molecule has 2 N–H and O–H groups in total. The highest BCUT2D eigenvalue weighted by Crippen LogP contribution is 2.67. The molecule has 3 aliphatic carbocycles. The van der Waals surface area contributed by atoms with Crippen LogP contribution in [0.5, 0.6) is 0 Å². The van der Waals surface area contributed by atoms with Crippen LogP contribution in [0.1, 0.15) is 66.2 Å². The molecule has 2 unspecified atom stereocenters. The number of hydrogen-bond acceptors (Lipinski definition) is 3. The number of carbonyl (C=O) groups is 1. The second-order valence-electron chi connectivity index (χ2n) is 9.02. The van der Waals surface area contributed by atoms with E-state index in [9.17, 15) is 9.90 Å². The minimum absolute atomic E-state index is 0.0163. The molecule has 0 aromatic heterocycles. The average molecular weight is 337 g/mol. The Bertz CT molecular complexity index is 501. The molecule has 0 spiro atoms. The number of Topliss-reactive ketones (excluding diaryl/α,β-unsaturated/α-hetero) is 1. The van der Waals surface area contributed by atoms with Crippen LogP contribution in [0.15, 0.2) is 12.7 Å². The van der Waals surface area contributed by atoms with Crippen LogP contribution in [0, 0.1) is 34.0 Å². The molecule has 3 aliphatic rings. The normalized spacial score (nSPS) is 50.9. The van der Waals surface area contributed by atoms with Gasteiger partial charge in [0.1, 0.15) is 5.78 Å². The summed E-state index contributed by atoms with van der Waals surface area (Å²) >= 11 is 0. The Labute approximate surface area is 147 Å². The van der Waals surface area contributed by atoms with Gasteiger partial charge in [-0.15, -0.1) is 6.58 Å². The average Bonchev–Trinajstić information content (AvgIpc) is 2.95. The Morgan fingerprint density at radius 3 is 2.33 bits per heavy atom. The summed E-state index contributed by atoms with van der Waals surface area (Å²) in [5, 5.41) is 18.1. The van der Waals surface area contributed by atoms with Gasteiger partial charge < -0.3 is 10.2 Å². The van der Waals surface area contributed by atoms with Crippen LogP contribution in [-0.4, -0.2) is 29.2 Å². The van der Waals surface area contributed by atoms with Crippen molar-refractivity contribution in [2.75, 3.05) is 7.11 Å². The molecule has 3 nitrogen and oxygen atoms in total. The fourth-order valence-electron chi connectivity index (χ4n) is 6.26. The lowest BCUT2D eigenvalue weighted by atomic mass is 9.44. The van der Waals surface area contributed by atoms with Crippen molar-refractivity contribution < 1.29 is 15.0 Å². The smallest absolute Gasteiger partial charge is 0.137 e. The first kappa shape index (κ1) is 19.7. The molecule has 7 atom stereocenters. The van der Waals surface area contributed by atoms with Crippen LogP contribution in [-0.2, 0) is 4.79 Å². The largest absolute Gasteiger partial charge is 0.400 e. The Morgan fingerprint density at radius 1 is 1.12 bits per heavy atom. The number of carbonyl (C=O) groups excluding carboxylic acids is 1. The first-order chi connectivity index (χ1) is 11.2. The van der Waals surface area contributed by atoms with Crippen molar-refractivity contribution in [2.24, 2.45) is 34.0 Å². The van der Waals surface area contributed by atoms with Crippen LogP contribution in [0.4, 0.5) is 0 Å². The summed E-state index contributed by atoms with van der Waals surface area (Å²) in [6.45, 7) is 13.1. The van der Waals surface area contributed by atoms with E-state index < -0.39 is 6.10 Å². The molecule has 0 amide bonds. The van der Waals surface area contributed by atoms with Crippen molar-refractivity contribution in [3.05, 3.63) is 12.7 Å². The van der Waals surface area contributed by atoms with Crippen LogP contribution in [0.2, 0.25) is 0 Å². The van der Waals surface area contributed by atoms with Gasteiger partial charge in [-0.25, -0.2) is 0 Å². The fourth-order valence-corrected chi connectivity index (χ4v) is 6.26. The summed E-state index contributed by atoms with van der Waals surface area (Å²) in [6.07, 6.45) is 7.52. The molecule has 0 aromatic rings. The van der Waals surface area contributed by atoms with E-state index in [0.29, 0.717) is 11.7 Å². The summed E-state index contributed by atoms with van der Waals surface area (Å²) in [7, 11) is 1.00. The third-order valence-corrected chi connectivity index (χ3v) is 8.29. The monoisotopic (exact) mass is 336 g/mol. The van der Waals surface area contributed by atoms with E-state index in [2.05, 4.69) is 34.3 Å². The maximum atomic E-state index is 12.8. The van der Waals surface area contributed by atoms with Crippen molar-refractivity contribution in [1.82, 2.24) is 0 Å². The molecule has 0 heterocycles. The zero-order valence-corrected chi connectivity index (χ0v) is 16.1. The Balaban J connectivity index is 0.00000100. The maximum Gasteiger partial charge on any atom is 0.137 e. The Kier molecular flexibility index (Phi) is 5.38. The van der Waals surface area contributed by atoms with Crippen LogP contribution in [0.25, 0.3) is 0 Å². The van der Waals surface area contributed by atoms with E-state index in [0.717, 1.165) is 39.2 Å². The topological polar surface area (TPSA) is 57.5 Å². The van der Waals surface area contributed by atoms with Crippen LogP contribution < -0.4 is 0 Å². The Hall–Kier alpha value is -0.670. The van der Waals surface area contributed by atoms with Gasteiger partial charge in [0.05, 0.1) is 6.10 Å². The quantitative estimate of drug-likeness (QED) is 0.712. The zero-order chi connectivity index (χ0) is 18.3. The van der Waals surface area contributed by atoms with Crippen molar-refractivity contribution in [1.29, 1.82) is 0 Å². The first-order valence-corrected chi connectivity index (χ1v) is 9.50. The SMILES string of the molecule is C=C[C@]1(C)CC[C@]2(C)C(C)CC[C@]3(CCC(=O)C23)[C@@H](C)[C@@H]1O.CO. The van der Waals surface area contributed by atoms with Gasteiger partial charge in [-0.2, -0.15) is 0 Å². The van der Waals surface area contributed by atoms with Gasteiger partial charge in [-0.1, -0.05) is 33.8 Å². The summed E-state index contributed by atoms with van der Waals surface area (Å²) in [5.41, 5.74) is -0.131. The molecule has 138 valence electrons. The molecule has 2 bridgehead atoms. The van der Waals surface area contributed by atoms with E-state index in [1.54, 1.807) is 0 Å². The van der Waals surface area contributed by atoms with E-state index in [-0.39, 0.29) is 28.1 Å². The summed E-state index contributed by atoms with van der Waals surface area (Å²) in [5.74, 6) is 1.38. The lowest BCUT2D eigenvalue weighted by Crippen LogP contribution is -2.57. The van der Waals surface area contributed by atoms with Gasteiger partial charge >= 0.3 is 0 Å². The third-order valence-electron chi connectivity index (χ3n) is 8.29. The number of aliphatic hydroxyl groups excluding tert-OH is 2. The van der Waals surface area contributed by atoms with Gasteiger partial charge in [0.2, 0.25) is 0 Å². The molecular weight excluding hydrogens is 300 g/mol. The van der Waals surface area contributed by atoms with Crippen molar-refractivity contribution in [3.63, 3.8) is 0 Å². The Morgan fingerprint density at radius 2 is 1.75 bits per heavy atom. The molecule has 3 saturated carbocycles. The first-order valence-electron chi connectivity index (χ1n) is 9.50. The van der Waals surface area contributed by atoms with Crippen molar-refractivity contribution >= 4 is 5.78 Å². The van der Waals surface area contributed by atoms with Crippen LogP contribution in [0.3, 0.4) is 0 Å². The fraction of sp³-hybridized carbons (Fsp3) is 0.857. The van der Waals surface area contributed by atoms with Gasteiger partial charge in [0, 0.05) is 24.9 Å². The summed E-state index contributed by atoms with van der Waals surface area (Å²) in [6, 6.07) is 0. The highest BCUT2D eigenvalue weighted by atomic mass is 16.3. The summed E-state index contributed by atoms with van der Waals surface area (Å²) in [4.78, 5) is 12.8. The highest BCUT2D eigenvalue weighted by Gasteiger charge is 2.64. The van der Waals surface area contributed by atoms with E-state index in [1.165, 1.54) is 6.42 Å². The lowest BCUT2D eigenvalue weighted by molar-refractivity contribution is -0.158. The number of hydrogen-bond donors (Lipinski definition) is 2. The molecule has 3 fully saturated rings. The van der Waals surface area contributed by atoms with E-state index in [4.69, 9.17) is 5.11 Å². The number of aliphatic hydroxyl groups is 2. The van der Waals surface area contributed by atoms with Crippen molar-refractivity contribution in [3.8, 4) is 0 Å². The molecule has 24 heavy (non-hydrogen) atoms. The van der Waals surface area contributed by atoms with Crippen LogP contribution >= 0.6 is 0 Å². The van der Waals surface area contributed by atoms with Gasteiger partial charge in [0.15, 0.2) is 0 Å². The number of ketones is 1. The number of rotatable bonds is 1. The molecule has 0 aromatic carbocycles. The summed E-state index contributed by atoms with van der Waals surface area (Å²) < 4.78 is 0. The van der Waals surface area contributed by atoms with E-state index >= 15 is 0 Å². The highest BCUT2D eigenvalue weighted by molar-refractivity contribution is 5.85. The predicted molar refractivity (Wildman–Crippen MR) is 97.5 cm³/mol. The molecule has 3 heteroatoms. The van der Waals surface area contributed by atoms with Crippen molar-refractivity contribution in [2.45, 2.75) is 72.3 Å². The maximum absolute atomic E-state index is 12.8. The molecule has 0 radical (unpaired) electrons. The molecule has 3 rings (SSSR count). The van der Waals surface area contributed by atoms with Gasteiger partial charge in [0.25, 0.3) is 0 Å². The third kappa shape index (κ3) is 2.50. The second-order valence-corrected chi connectivity index (χ2v) is 9.02. The predicted octanol–water partition coefficient (Wildman–Crippen LogP) is 3.98. The standard InChI is InChI=1S/C20H32O2.CH4O/c1-6-18(4)11-12-19(5)13(2)7-9-20(14(3)17(18)22)10-8-15(21)16(19)20;1-2/h6,13-14,16-17,22H,1,7-12H2,2-5H3;2H,1H3/t13?,14-,16?,17-,18+,19+,20-;/m0./s1. The van der Waals surface area contributed by atoms with Gasteiger partial charge in [-0.05, 0) is 54.8 Å². The molecule has 0 saturated heterocycles. The van der Waals surface area contributed by atoms with Gasteiger partial charge in [-0.3, -0.25) is 4.79 Å².